The maximum absolute atomic E-state index is 11.8. The fourth-order valence-electron chi connectivity index (χ4n) is 1.66. The van der Waals surface area contributed by atoms with Gasteiger partial charge in [-0.25, -0.2) is 8.42 Å². The number of rotatable bonds is 6. The van der Waals surface area contributed by atoms with Gasteiger partial charge in [0.05, 0.1) is 25.5 Å². The van der Waals surface area contributed by atoms with Crippen LogP contribution in [-0.4, -0.2) is 39.4 Å². The number of aryl methyl sites for hydroxylation is 1. The van der Waals surface area contributed by atoms with Gasteiger partial charge in [-0.3, -0.25) is 9.10 Å². The standard InChI is InChI=1S/C12H17NO5S/c1-9-4-5-11(18-2)10(8-9)13(19(3,16)17)7-6-12(14)15/h4-5,8H,6-7H2,1-3H3,(H,14,15). The molecule has 0 saturated carbocycles. The maximum atomic E-state index is 11.8. The Morgan fingerprint density at radius 3 is 2.53 bits per heavy atom. The minimum Gasteiger partial charge on any atom is -0.495 e. The van der Waals surface area contributed by atoms with E-state index in [1.807, 2.05) is 6.92 Å². The van der Waals surface area contributed by atoms with Gasteiger partial charge in [0, 0.05) is 6.54 Å². The molecule has 0 bridgehead atoms. The van der Waals surface area contributed by atoms with Crippen LogP contribution in [-0.2, 0) is 14.8 Å². The number of carboxylic acids is 1. The zero-order valence-electron chi connectivity index (χ0n) is 11.1. The number of nitrogens with zero attached hydrogens (tertiary/aromatic N) is 1. The molecule has 0 fully saturated rings. The Morgan fingerprint density at radius 1 is 1.42 bits per heavy atom. The highest BCUT2D eigenvalue weighted by Crippen LogP contribution is 2.31. The second-order valence-corrected chi connectivity index (χ2v) is 6.06. The lowest BCUT2D eigenvalue weighted by atomic mass is 10.2. The number of hydrogen-bond acceptors (Lipinski definition) is 4. The molecule has 0 saturated heterocycles. The van der Waals surface area contributed by atoms with E-state index >= 15 is 0 Å². The Bertz CT molecular complexity index is 567. The number of methoxy groups -OCH3 is 1. The average Bonchev–Trinajstić information content (AvgIpc) is 2.27. The van der Waals surface area contributed by atoms with Crippen molar-refractivity contribution >= 4 is 21.7 Å². The summed E-state index contributed by atoms with van der Waals surface area (Å²) in [5, 5.41) is 8.70. The zero-order valence-corrected chi connectivity index (χ0v) is 11.9. The summed E-state index contributed by atoms with van der Waals surface area (Å²) in [4.78, 5) is 10.6. The summed E-state index contributed by atoms with van der Waals surface area (Å²) in [6.45, 7) is 1.69. The summed E-state index contributed by atoms with van der Waals surface area (Å²) < 4.78 is 29.8. The lowest BCUT2D eigenvalue weighted by Gasteiger charge is -2.24. The Kier molecular flexibility index (Phi) is 4.77. The van der Waals surface area contributed by atoms with Crippen molar-refractivity contribution in [1.82, 2.24) is 0 Å². The van der Waals surface area contributed by atoms with Crippen molar-refractivity contribution in [3.05, 3.63) is 23.8 Å². The molecule has 19 heavy (non-hydrogen) atoms. The second-order valence-electron chi connectivity index (χ2n) is 4.15. The van der Waals surface area contributed by atoms with Crippen LogP contribution in [0.25, 0.3) is 0 Å². The summed E-state index contributed by atoms with van der Waals surface area (Å²) in [5.41, 5.74) is 1.21. The van der Waals surface area contributed by atoms with Crippen LogP contribution in [0.4, 0.5) is 5.69 Å². The largest absolute Gasteiger partial charge is 0.495 e. The van der Waals surface area contributed by atoms with E-state index in [1.54, 1.807) is 18.2 Å². The number of carbonyl (C=O) groups is 1. The lowest BCUT2D eigenvalue weighted by Crippen LogP contribution is -2.32. The van der Waals surface area contributed by atoms with Crippen molar-refractivity contribution in [2.24, 2.45) is 0 Å². The summed E-state index contributed by atoms with van der Waals surface area (Å²) in [7, 11) is -2.14. The fraction of sp³-hybridized carbons (Fsp3) is 0.417. The fourth-order valence-corrected chi connectivity index (χ4v) is 2.58. The minimum atomic E-state index is -3.57. The second kappa shape index (κ2) is 5.92. The number of ether oxygens (including phenoxy) is 1. The first-order valence-corrected chi connectivity index (χ1v) is 7.44. The Hall–Kier alpha value is -1.76. The third-order valence-electron chi connectivity index (χ3n) is 2.53. The van der Waals surface area contributed by atoms with Gasteiger partial charge in [-0.2, -0.15) is 0 Å². The van der Waals surface area contributed by atoms with E-state index in [0.29, 0.717) is 11.4 Å². The van der Waals surface area contributed by atoms with Crippen molar-refractivity contribution in [2.45, 2.75) is 13.3 Å². The van der Waals surface area contributed by atoms with Gasteiger partial charge in [0.2, 0.25) is 10.0 Å². The first kappa shape index (κ1) is 15.3. The quantitative estimate of drug-likeness (QED) is 0.851. The molecule has 6 nitrogen and oxygen atoms in total. The number of aliphatic carboxylic acids is 1. The van der Waals surface area contributed by atoms with Crippen molar-refractivity contribution in [3.8, 4) is 5.75 Å². The molecule has 1 N–H and O–H groups in total. The molecule has 0 spiro atoms. The predicted molar refractivity (Wildman–Crippen MR) is 72.2 cm³/mol. The smallest absolute Gasteiger partial charge is 0.305 e. The highest BCUT2D eigenvalue weighted by atomic mass is 32.2. The van der Waals surface area contributed by atoms with E-state index in [9.17, 15) is 13.2 Å². The van der Waals surface area contributed by atoms with Crippen LogP contribution in [0.5, 0.6) is 5.75 Å². The summed E-state index contributed by atoms with van der Waals surface area (Å²) in [6.07, 6.45) is 0.765. The molecule has 0 aliphatic heterocycles. The van der Waals surface area contributed by atoms with Crippen LogP contribution in [0.15, 0.2) is 18.2 Å². The first-order valence-electron chi connectivity index (χ1n) is 5.60. The van der Waals surface area contributed by atoms with Crippen LogP contribution in [0.3, 0.4) is 0 Å². The van der Waals surface area contributed by atoms with Crippen LogP contribution in [0, 0.1) is 6.92 Å². The van der Waals surface area contributed by atoms with Crippen molar-refractivity contribution in [2.75, 3.05) is 24.2 Å². The minimum absolute atomic E-state index is 0.131. The van der Waals surface area contributed by atoms with E-state index in [0.717, 1.165) is 16.1 Å². The van der Waals surface area contributed by atoms with E-state index in [4.69, 9.17) is 9.84 Å². The van der Waals surface area contributed by atoms with Crippen LogP contribution < -0.4 is 9.04 Å². The third-order valence-corrected chi connectivity index (χ3v) is 3.71. The highest BCUT2D eigenvalue weighted by Gasteiger charge is 2.21. The van der Waals surface area contributed by atoms with Gasteiger partial charge in [-0.05, 0) is 24.6 Å². The molecule has 0 amide bonds. The van der Waals surface area contributed by atoms with Gasteiger partial charge in [0.15, 0.2) is 0 Å². The first-order chi connectivity index (χ1) is 8.75. The lowest BCUT2D eigenvalue weighted by molar-refractivity contribution is -0.136. The van der Waals surface area contributed by atoms with Crippen LogP contribution >= 0.6 is 0 Å². The molecule has 0 atom stereocenters. The van der Waals surface area contributed by atoms with E-state index < -0.39 is 16.0 Å². The molecule has 0 aromatic heterocycles. The number of benzene rings is 1. The van der Waals surface area contributed by atoms with E-state index in [-0.39, 0.29) is 13.0 Å². The average molecular weight is 287 g/mol. The van der Waals surface area contributed by atoms with Crippen molar-refractivity contribution < 1.29 is 23.1 Å². The monoisotopic (exact) mass is 287 g/mol. The number of carboxylic acid groups (broad SMARTS) is 1. The molecule has 0 unspecified atom stereocenters. The molecule has 0 aliphatic carbocycles. The number of anilines is 1. The van der Waals surface area contributed by atoms with Gasteiger partial charge in [0.1, 0.15) is 5.75 Å². The highest BCUT2D eigenvalue weighted by molar-refractivity contribution is 7.92. The molecule has 1 aromatic rings. The van der Waals surface area contributed by atoms with Crippen molar-refractivity contribution in [1.29, 1.82) is 0 Å². The summed E-state index contributed by atoms with van der Waals surface area (Å²) in [5.74, 6) is -0.665. The molecule has 7 heteroatoms. The van der Waals surface area contributed by atoms with Gasteiger partial charge < -0.3 is 9.84 Å². The molecule has 106 valence electrons. The zero-order chi connectivity index (χ0) is 14.6. The van der Waals surface area contributed by atoms with Gasteiger partial charge in [-0.1, -0.05) is 6.07 Å². The van der Waals surface area contributed by atoms with E-state index in [2.05, 4.69) is 0 Å². The Morgan fingerprint density at radius 2 is 2.05 bits per heavy atom. The molecule has 0 radical (unpaired) electrons. The SMILES string of the molecule is COc1ccc(C)cc1N(CCC(=O)O)S(C)(=O)=O. The Balaban J connectivity index is 3.24. The predicted octanol–water partition coefficient (Wildman–Crippen LogP) is 1.24. The number of sulfonamides is 1. The van der Waals surface area contributed by atoms with Crippen molar-refractivity contribution in [3.63, 3.8) is 0 Å². The summed E-state index contributed by atoms with van der Waals surface area (Å²) >= 11 is 0. The number of hydrogen-bond donors (Lipinski definition) is 1. The van der Waals surface area contributed by atoms with Gasteiger partial charge in [0.25, 0.3) is 0 Å². The maximum Gasteiger partial charge on any atom is 0.305 e. The molecule has 0 aliphatic rings. The van der Waals surface area contributed by atoms with Crippen LogP contribution in [0.2, 0.25) is 0 Å². The van der Waals surface area contributed by atoms with Gasteiger partial charge in [-0.15, -0.1) is 0 Å². The van der Waals surface area contributed by atoms with E-state index in [1.165, 1.54) is 7.11 Å². The molecule has 1 rings (SSSR count). The van der Waals surface area contributed by atoms with Gasteiger partial charge >= 0.3 is 5.97 Å². The summed E-state index contributed by atoms with van der Waals surface area (Å²) in [6, 6.07) is 5.10. The van der Waals surface area contributed by atoms with Crippen LogP contribution in [0.1, 0.15) is 12.0 Å². The molecule has 1 aromatic carbocycles. The third kappa shape index (κ3) is 4.13. The Labute approximate surface area is 112 Å². The molecular weight excluding hydrogens is 270 g/mol. The molecule has 0 heterocycles. The molecular formula is C12H17NO5S. The topological polar surface area (TPSA) is 83.9 Å². The normalized spacial score (nSPS) is 11.1.